The van der Waals surface area contributed by atoms with E-state index >= 15 is 0 Å². The Bertz CT molecular complexity index is 583. The van der Waals surface area contributed by atoms with E-state index in [4.69, 9.17) is 0 Å². The van der Waals surface area contributed by atoms with Gasteiger partial charge in [0.2, 0.25) is 0 Å². The topological polar surface area (TPSA) is 29.3 Å². The first kappa shape index (κ1) is 9.42. The molecule has 0 aromatic carbocycles. The molecule has 3 rings (SSSR count). The third kappa shape index (κ3) is 1.67. The number of nitrogens with one attached hydrogen (secondary N) is 1. The molecule has 0 atom stereocenters. The Morgan fingerprint density at radius 1 is 1.31 bits per heavy atom. The van der Waals surface area contributed by atoms with E-state index < -0.39 is 0 Å². The Morgan fingerprint density at radius 3 is 3.19 bits per heavy atom. The Labute approximate surface area is 97.4 Å². The van der Waals surface area contributed by atoms with Crippen LogP contribution in [0, 0.1) is 0 Å². The van der Waals surface area contributed by atoms with Gasteiger partial charge in [0.05, 0.1) is 0 Å². The molecule has 3 aromatic heterocycles. The van der Waals surface area contributed by atoms with Crippen LogP contribution in [-0.4, -0.2) is 9.38 Å². The summed E-state index contributed by atoms with van der Waals surface area (Å²) in [5, 5.41) is 7.65. The van der Waals surface area contributed by atoms with Crippen molar-refractivity contribution in [3.8, 4) is 0 Å². The monoisotopic (exact) mass is 229 g/mol. The molecule has 0 saturated heterocycles. The number of rotatable bonds is 3. The minimum atomic E-state index is 0.848. The standard InChI is InChI=1S/C12H11N3S/c1-2-11-13-5-6-15(11)12(3-1)14-8-10-4-7-16-9-10/h1-7,9,14H,8H2. The van der Waals surface area contributed by atoms with E-state index in [0.717, 1.165) is 18.0 Å². The van der Waals surface area contributed by atoms with Gasteiger partial charge in [-0.25, -0.2) is 4.98 Å². The number of thiophene rings is 1. The number of imidazole rings is 1. The van der Waals surface area contributed by atoms with E-state index in [1.165, 1.54) is 5.56 Å². The fourth-order valence-corrected chi connectivity index (χ4v) is 2.35. The van der Waals surface area contributed by atoms with Gasteiger partial charge in [-0.2, -0.15) is 11.3 Å². The molecule has 0 fully saturated rings. The van der Waals surface area contributed by atoms with Crippen molar-refractivity contribution < 1.29 is 0 Å². The van der Waals surface area contributed by atoms with Crippen molar-refractivity contribution in [3.05, 3.63) is 53.0 Å². The van der Waals surface area contributed by atoms with Gasteiger partial charge in [0.25, 0.3) is 0 Å². The van der Waals surface area contributed by atoms with Gasteiger partial charge in [-0.15, -0.1) is 0 Å². The molecule has 0 radical (unpaired) electrons. The van der Waals surface area contributed by atoms with Gasteiger partial charge < -0.3 is 5.32 Å². The van der Waals surface area contributed by atoms with E-state index in [9.17, 15) is 0 Å². The lowest BCUT2D eigenvalue weighted by molar-refractivity contribution is 1.08. The first-order valence-electron chi connectivity index (χ1n) is 5.10. The van der Waals surface area contributed by atoms with Gasteiger partial charge in [0.15, 0.2) is 0 Å². The summed E-state index contributed by atoms with van der Waals surface area (Å²) in [6.45, 7) is 0.848. The van der Waals surface area contributed by atoms with Gasteiger partial charge in [0.1, 0.15) is 11.5 Å². The van der Waals surface area contributed by atoms with Gasteiger partial charge in [0, 0.05) is 18.9 Å². The summed E-state index contributed by atoms with van der Waals surface area (Å²) in [6.07, 6.45) is 3.77. The lowest BCUT2D eigenvalue weighted by atomic mass is 10.3. The second-order valence-corrected chi connectivity index (χ2v) is 4.33. The van der Waals surface area contributed by atoms with Crippen LogP contribution in [0.1, 0.15) is 5.56 Å². The third-order valence-corrected chi connectivity index (χ3v) is 3.21. The largest absolute Gasteiger partial charge is 0.367 e. The summed E-state index contributed by atoms with van der Waals surface area (Å²) in [5.74, 6) is 1.07. The molecule has 3 aromatic rings. The van der Waals surface area contributed by atoms with Crippen molar-refractivity contribution >= 4 is 22.8 Å². The van der Waals surface area contributed by atoms with Crippen LogP contribution in [0.4, 0.5) is 5.82 Å². The van der Waals surface area contributed by atoms with Crippen molar-refractivity contribution in [2.75, 3.05) is 5.32 Å². The van der Waals surface area contributed by atoms with Crippen molar-refractivity contribution in [1.82, 2.24) is 9.38 Å². The summed E-state index contributed by atoms with van der Waals surface area (Å²) < 4.78 is 2.05. The van der Waals surface area contributed by atoms with E-state index in [2.05, 4.69) is 33.2 Å². The lowest BCUT2D eigenvalue weighted by Crippen LogP contribution is -2.02. The molecule has 0 unspecified atom stereocenters. The van der Waals surface area contributed by atoms with E-state index in [0.29, 0.717) is 0 Å². The maximum Gasteiger partial charge on any atom is 0.138 e. The predicted octanol–water partition coefficient (Wildman–Crippen LogP) is 3.01. The maximum absolute atomic E-state index is 4.25. The van der Waals surface area contributed by atoms with E-state index in [1.807, 2.05) is 28.9 Å². The van der Waals surface area contributed by atoms with Crippen molar-refractivity contribution in [3.63, 3.8) is 0 Å². The Balaban J connectivity index is 1.86. The zero-order valence-electron chi connectivity index (χ0n) is 8.63. The minimum absolute atomic E-state index is 0.848. The SMILES string of the molecule is c1cc(NCc2ccsc2)n2ccnc2c1. The molecule has 0 amide bonds. The van der Waals surface area contributed by atoms with Crippen molar-refractivity contribution in [2.24, 2.45) is 0 Å². The van der Waals surface area contributed by atoms with Crippen LogP contribution in [-0.2, 0) is 6.54 Å². The summed E-state index contributed by atoms with van der Waals surface area (Å²) in [6, 6.07) is 8.20. The molecule has 4 heteroatoms. The fourth-order valence-electron chi connectivity index (χ4n) is 1.68. The molecule has 3 nitrogen and oxygen atoms in total. The van der Waals surface area contributed by atoms with Crippen molar-refractivity contribution in [2.45, 2.75) is 6.54 Å². The molecule has 0 aliphatic heterocycles. The average Bonchev–Trinajstić information content (AvgIpc) is 2.97. The highest BCUT2D eigenvalue weighted by molar-refractivity contribution is 7.07. The molecule has 0 bridgehead atoms. The Morgan fingerprint density at radius 2 is 2.31 bits per heavy atom. The highest BCUT2D eigenvalue weighted by Crippen LogP contribution is 2.13. The first-order chi connectivity index (χ1) is 7.93. The van der Waals surface area contributed by atoms with Crippen LogP contribution in [0.25, 0.3) is 5.65 Å². The van der Waals surface area contributed by atoms with Gasteiger partial charge in [-0.05, 0) is 34.5 Å². The Kier molecular flexibility index (Phi) is 2.34. The average molecular weight is 229 g/mol. The second-order valence-electron chi connectivity index (χ2n) is 3.55. The van der Waals surface area contributed by atoms with Gasteiger partial charge in [-0.3, -0.25) is 4.40 Å². The summed E-state index contributed by atoms with van der Waals surface area (Å²) in [5.41, 5.74) is 2.28. The van der Waals surface area contributed by atoms with Crippen LogP contribution in [0.3, 0.4) is 0 Å². The number of hydrogen-bond donors (Lipinski definition) is 1. The highest BCUT2D eigenvalue weighted by Gasteiger charge is 1.99. The summed E-state index contributed by atoms with van der Waals surface area (Å²) >= 11 is 1.72. The molecule has 80 valence electrons. The number of nitrogens with zero attached hydrogens (tertiary/aromatic N) is 2. The van der Waals surface area contributed by atoms with Gasteiger partial charge in [-0.1, -0.05) is 6.07 Å². The molecule has 0 aliphatic rings. The van der Waals surface area contributed by atoms with E-state index in [-0.39, 0.29) is 0 Å². The normalized spacial score (nSPS) is 10.8. The first-order valence-corrected chi connectivity index (χ1v) is 6.05. The van der Waals surface area contributed by atoms with Crippen molar-refractivity contribution in [1.29, 1.82) is 0 Å². The zero-order chi connectivity index (χ0) is 10.8. The second kappa shape index (κ2) is 3.98. The smallest absolute Gasteiger partial charge is 0.138 e. The Hall–Kier alpha value is -1.81. The number of anilines is 1. The maximum atomic E-state index is 4.25. The number of aromatic nitrogens is 2. The number of hydrogen-bond acceptors (Lipinski definition) is 3. The summed E-state index contributed by atoms with van der Waals surface area (Å²) in [7, 11) is 0. The highest BCUT2D eigenvalue weighted by atomic mass is 32.1. The molecule has 16 heavy (non-hydrogen) atoms. The molecular weight excluding hydrogens is 218 g/mol. The van der Waals surface area contributed by atoms with Crippen LogP contribution in [0.5, 0.6) is 0 Å². The molecule has 1 N–H and O–H groups in total. The zero-order valence-corrected chi connectivity index (χ0v) is 9.45. The molecule has 3 heterocycles. The third-order valence-electron chi connectivity index (χ3n) is 2.48. The van der Waals surface area contributed by atoms with Crippen LogP contribution in [0.2, 0.25) is 0 Å². The van der Waals surface area contributed by atoms with Crippen LogP contribution >= 0.6 is 11.3 Å². The minimum Gasteiger partial charge on any atom is -0.367 e. The van der Waals surface area contributed by atoms with Crippen LogP contribution < -0.4 is 5.32 Å². The van der Waals surface area contributed by atoms with E-state index in [1.54, 1.807) is 11.3 Å². The fraction of sp³-hybridized carbons (Fsp3) is 0.0833. The molecular formula is C12H11N3S. The molecule has 0 aliphatic carbocycles. The predicted molar refractivity (Wildman–Crippen MR) is 66.8 cm³/mol. The van der Waals surface area contributed by atoms with Gasteiger partial charge >= 0.3 is 0 Å². The van der Waals surface area contributed by atoms with Crippen LogP contribution in [0.15, 0.2) is 47.4 Å². The number of pyridine rings is 1. The quantitative estimate of drug-likeness (QED) is 0.748. The molecule has 0 saturated carbocycles. The lowest BCUT2D eigenvalue weighted by Gasteiger charge is -2.07. The molecule has 0 spiro atoms. The summed E-state index contributed by atoms with van der Waals surface area (Å²) in [4.78, 5) is 4.25. The number of fused-ring (bicyclic) bond motifs is 1.